The molecule has 17 heavy (non-hydrogen) atoms. The molecule has 0 fully saturated rings. The van der Waals surface area contributed by atoms with Gasteiger partial charge in [-0.2, -0.15) is 0 Å². The number of nitrogens with one attached hydrogen (secondary N) is 2. The van der Waals surface area contributed by atoms with Gasteiger partial charge in [-0.15, -0.1) is 0 Å². The van der Waals surface area contributed by atoms with Crippen LogP contribution in [-0.4, -0.2) is 87.4 Å². The molecule has 0 unspecified atom stereocenters. The van der Waals surface area contributed by atoms with Gasteiger partial charge in [0.15, 0.2) is 0 Å². The van der Waals surface area contributed by atoms with E-state index in [4.69, 9.17) is 15.3 Å². The van der Waals surface area contributed by atoms with Gasteiger partial charge in [-0.3, -0.25) is 0 Å². The van der Waals surface area contributed by atoms with Crippen LogP contribution in [0.1, 0.15) is 6.92 Å². The van der Waals surface area contributed by atoms with Gasteiger partial charge in [-0.25, -0.2) is 0 Å². The zero-order valence-electron chi connectivity index (χ0n) is 11.7. The van der Waals surface area contributed by atoms with E-state index in [-0.39, 0.29) is 19.8 Å². The topological polar surface area (TPSA) is 88.0 Å². The molecule has 0 rings (SSSR count). The van der Waals surface area contributed by atoms with Crippen LogP contribution in [0, 0.1) is 0 Å². The number of likely N-dealkylation sites (N-methyl/N-ethyl adjacent to an activating group) is 3. The van der Waals surface area contributed by atoms with Crippen molar-refractivity contribution in [2.75, 3.05) is 67.1 Å². The van der Waals surface area contributed by atoms with E-state index >= 15 is 0 Å². The van der Waals surface area contributed by atoms with Crippen molar-refractivity contribution >= 4 is 0 Å². The summed E-state index contributed by atoms with van der Waals surface area (Å²) >= 11 is 0. The smallest absolute Gasteiger partial charge is 0.0558 e. The third-order valence-electron chi connectivity index (χ3n) is 1.45. The van der Waals surface area contributed by atoms with Crippen molar-refractivity contribution < 1.29 is 15.3 Å². The van der Waals surface area contributed by atoms with Crippen LogP contribution in [-0.2, 0) is 0 Å². The summed E-state index contributed by atoms with van der Waals surface area (Å²) in [6.07, 6.45) is 0. The lowest BCUT2D eigenvalue weighted by molar-refractivity contribution is 0.243. The molecule has 0 aromatic rings. The van der Waals surface area contributed by atoms with Gasteiger partial charge in [0.05, 0.1) is 19.8 Å². The summed E-state index contributed by atoms with van der Waals surface area (Å²) in [6, 6.07) is 0. The molecular formula is C11H31N3O3. The molecule has 0 spiro atoms. The largest absolute Gasteiger partial charge is 0.395 e. The minimum absolute atomic E-state index is 0.233. The fourth-order valence-electron chi connectivity index (χ4n) is 0.568. The molecule has 6 nitrogen and oxygen atoms in total. The van der Waals surface area contributed by atoms with Gasteiger partial charge in [0, 0.05) is 19.6 Å². The fourth-order valence-corrected chi connectivity index (χ4v) is 0.568. The molecule has 0 saturated carbocycles. The summed E-state index contributed by atoms with van der Waals surface area (Å²) in [5.74, 6) is 0. The molecule has 0 saturated heterocycles. The van der Waals surface area contributed by atoms with Gasteiger partial charge in [-0.05, 0) is 27.7 Å². The highest BCUT2D eigenvalue weighted by atomic mass is 16.3. The lowest BCUT2D eigenvalue weighted by Gasteiger charge is -2.03. The molecule has 5 N–H and O–H groups in total. The van der Waals surface area contributed by atoms with Crippen molar-refractivity contribution in [2.24, 2.45) is 0 Å². The molecule has 0 bridgehead atoms. The van der Waals surface area contributed by atoms with Crippen LogP contribution in [0.5, 0.6) is 0 Å². The SMILES string of the molecule is CCNCCO.CN(C)CCO.CNCCO. The number of rotatable bonds is 7. The number of hydrogen-bond acceptors (Lipinski definition) is 6. The molecule has 6 heteroatoms. The highest BCUT2D eigenvalue weighted by Gasteiger charge is 1.80. The first kappa shape index (κ1) is 22.0. The van der Waals surface area contributed by atoms with Crippen LogP contribution in [0.4, 0.5) is 0 Å². The van der Waals surface area contributed by atoms with Crippen LogP contribution in [0.15, 0.2) is 0 Å². The Morgan fingerprint density at radius 1 is 0.941 bits per heavy atom. The Morgan fingerprint density at radius 2 is 1.47 bits per heavy atom. The zero-order valence-corrected chi connectivity index (χ0v) is 11.7. The predicted octanol–water partition coefficient (Wildman–Crippen LogP) is -1.67. The third kappa shape index (κ3) is 49.6. The maximum absolute atomic E-state index is 8.20. The first-order chi connectivity index (χ1) is 8.10. The molecule has 0 heterocycles. The molecule has 0 amide bonds. The van der Waals surface area contributed by atoms with E-state index in [9.17, 15) is 0 Å². The van der Waals surface area contributed by atoms with Crippen LogP contribution < -0.4 is 10.6 Å². The van der Waals surface area contributed by atoms with Gasteiger partial charge in [-0.1, -0.05) is 6.92 Å². The van der Waals surface area contributed by atoms with Crippen LogP contribution in [0.3, 0.4) is 0 Å². The number of nitrogens with zero attached hydrogens (tertiary/aromatic N) is 1. The maximum Gasteiger partial charge on any atom is 0.0558 e. The van der Waals surface area contributed by atoms with Crippen molar-refractivity contribution in [1.82, 2.24) is 15.5 Å². The van der Waals surface area contributed by atoms with Gasteiger partial charge in [0.25, 0.3) is 0 Å². The monoisotopic (exact) mass is 253 g/mol. The molecule has 0 aromatic heterocycles. The van der Waals surface area contributed by atoms with Crippen molar-refractivity contribution in [2.45, 2.75) is 6.92 Å². The Bertz CT molecular complexity index is 100.0. The van der Waals surface area contributed by atoms with Gasteiger partial charge in [0.1, 0.15) is 0 Å². The highest BCUT2D eigenvalue weighted by Crippen LogP contribution is 1.66. The van der Waals surface area contributed by atoms with E-state index < -0.39 is 0 Å². The van der Waals surface area contributed by atoms with Crippen molar-refractivity contribution in [3.05, 3.63) is 0 Å². The molecule has 108 valence electrons. The Hall–Kier alpha value is -0.240. The summed E-state index contributed by atoms with van der Waals surface area (Å²) in [4.78, 5) is 1.93. The lowest BCUT2D eigenvalue weighted by atomic mass is 10.6. The fraction of sp³-hybridized carbons (Fsp3) is 1.00. The second kappa shape index (κ2) is 24.8. The molecule has 0 atom stereocenters. The highest BCUT2D eigenvalue weighted by molar-refractivity contribution is 4.35. The Kier molecular flexibility index (Phi) is 32.1. The first-order valence-corrected chi connectivity index (χ1v) is 5.93. The quantitative estimate of drug-likeness (QED) is 0.349. The Morgan fingerprint density at radius 3 is 1.53 bits per heavy atom. The number of aliphatic hydroxyl groups excluding tert-OH is 3. The normalized spacial score (nSPS) is 9.18. The molecule has 0 aliphatic heterocycles. The van der Waals surface area contributed by atoms with E-state index in [0.29, 0.717) is 6.54 Å². The third-order valence-corrected chi connectivity index (χ3v) is 1.45. The summed E-state index contributed by atoms with van der Waals surface area (Å²) < 4.78 is 0. The molecule has 0 aromatic carbocycles. The van der Waals surface area contributed by atoms with E-state index in [2.05, 4.69) is 10.6 Å². The summed E-state index contributed by atoms with van der Waals surface area (Å²) in [5, 5.41) is 30.0. The van der Waals surface area contributed by atoms with E-state index in [0.717, 1.165) is 19.6 Å². The lowest BCUT2D eigenvalue weighted by Crippen LogP contribution is -2.16. The minimum Gasteiger partial charge on any atom is -0.395 e. The second-order valence-corrected chi connectivity index (χ2v) is 3.43. The zero-order chi connectivity index (χ0) is 13.9. The average Bonchev–Trinajstić information content (AvgIpc) is 2.29. The summed E-state index contributed by atoms with van der Waals surface area (Å²) in [7, 11) is 5.66. The minimum atomic E-state index is 0.233. The molecule has 0 radical (unpaired) electrons. The van der Waals surface area contributed by atoms with Crippen molar-refractivity contribution in [1.29, 1.82) is 0 Å². The van der Waals surface area contributed by atoms with E-state index in [1.165, 1.54) is 0 Å². The number of hydrogen-bond donors (Lipinski definition) is 5. The van der Waals surface area contributed by atoms with Gasteiger partial charge < -0.3 is 30.9 Å². The summed E-state index contributed by atoms with van der Waals surface area (Å²) in [6.45, 7) is 5.87. The van der Waals surface area contributed by atoms with E-state index in [1.807, 2.05) is 25.9 Å². The van der Waals surface area contributed by atoms with Gasteiger partial charge in [0.2, 0.25) is 0 Å². The maximum atomic E-state index is 8.20. The average molecular weight is 253 g/mol. The van der Waals surface area contributed by atoms with Crippen LogP contribution in [0.2, 0.25) is 0 Å². The standard InChI is InChI=1S/2C4H11NO.C3H9NO/c1-5(2)3-4-6;1-2-5-3-4-6;1-4-2-3-5/h6H,3-4H2,1-2H3;5-6H,2-4H2,1H3;4-5H,2-3H2,1H3. The number of aliphatic hydroxyl groups is 3. The first-order valence-electron chi connectivity index (χ1n) is 5.93. The Balaban J connectivity index is -0.000000174. The predicted molar refractivity (Wildman–Crippen MR) is 72.3 cm³/mol. The molecule has 0 aliphatic rings. The van der Waals surface area contributed by atoms with Crippen molar-refractivity contribution in [3.8, 4) is 0 Å². The summed E-state index contributed by atoms with van der Waals surface area (Å²) in [5.41, 5.74) is 0. The van der Waals surface area contributed by atoms with Crippen LogP contribution in [0.25, 0.3) is 0 Å². The molecular weight excluding hydrogens is 222 g/mol. The second-order valence-electron chi connectivity index (χ2n) is 3.43. The molecule has 0 aliphatic carbocycles. The van der Waals surface area contributed by atoms with E-state index in [1.54, 1.807) is 7.05 Å². The van der Waals surface area contributed by atoms with Crippen molar-refractivity contribution in [3.63, 3.8) is 0 Å². The van der Waals surface area contributed by atoms with Crippen LogP contribution >= 0.6 is 0 Å². The Labute approximate surface area is 106 Å². The van der Waals surface area contributed by atoms with Gasteiger partial charge >= 0.3 is 0 Å².